The van der Waals surface area contributed by atoms with Gasteiger partial charge in [-0.1, -0.05) is 18.2 Å². The Kier molecular flexibility index (Phi) is 3.68. The highest BCUT2D eigenvalue weighted by atomic mass is 19.1. The van der Waals surface area contributed by atoms with Crippen LogP contribution in [0.2, 0.25) is 0 Å². The summed E-state index contributed by atoms with van der Waals surface area (Å²) in [4.78, 5) is 13.9. The second-order valence-electron chi connectivity index (χ2n) is 5.53. The van der Waals surface area contributed by atoms with Crippen LogP contribution in [0.5, 0.6) is 0 Å². The van der Waals surface area contributed by atoms with Crippen LogP contribution in [0.1, 0.15) is 17.7 Å². The molecule has 0 spiro atoms. The van der Waals surface area contributed by atoms with E-state index in [-0.39, 0.29) is 31.9 Å². The third-order valence-corrected chi connectivity index (χ3v) is 4.12. The first-order valence-electron chi connectivity index (χ1n) is 7.11. The summed E-state index contributed by atoms with van der Waals surface area (Å²) in [5.74, 6) is 0.546. The minimum absolute atomic E-state index is 0.0683. The Bertz CT molecular complexity index is 667. The lowest BCUT2D eigenvalue weighted by atomic mass is 10.1. The van der Waals surface area contributed by atoms with Crippen molar-refractivity contribution in [2.24, 2.45) is 0 Å². The quantitative estimate of drug-likeness (QED) is 0.943. The zero-order valence-electron chi connectivity index (χ0n) is 11.9. The van der Waals surface area contributed by atoms with E-state index < -0.39 is 12.2 Å². The van der Waals surface area contributed by atoms with Crippen LogP contribution >= 0.6 is 0 Å². The lowest BCUT2D eigenvalue weighted by molar-refractivity contribution is -0.132. The first-order chi connectivity index (χ1) is 10.1. The topological polar surface area (TPSA) is 53.7 Å². The van der Waals surface area contributed by atoms with E-state index in [1.54, 1.807) is 0 Å². The van der Waals surface area contributed by atoms with Gasteiger partial charge in [-0.15, -0.1) is 0 Å². The molecule has 0 aliphatic carbocycles. The molecule has 1 aliphatic rings. The van der Waals surface area contributed by atoms with E-state index in [0.29, 0.717) is 5.76 Å². The molecular weight excluding hydrogens is 273 g/mol. The Morgan fingerprint density at radius 3 is 3.00 bits per heavy atom. The molecular formula is C16H18FNO3. The summed E-state index contributed by atoms with van der Waals surface area (Å²) in [6.45, 7) is 1.70. The van der Waals surface area contributed by atoms with E-state index in [4.69, 9.17) is 4.42 Å². The molecule has 1 aromatic heterocycles. The highest BCUT2D eigenvalue weighted by molar-refractivity contribution is 5.88. The van der Waals surface area contributed by atoms with E-state index in [2.05, 4.69) is 0 Å². The van der Waals surface area contributed by atoms with Gasteiger partial charge in [-0.25, -0.2) is 4.39 Å². The predicted octanol–water partition coefficient (Wildman–Crippen LogP) is 2.22. The molecule has 1 amide bonds. The molecule has 112 valence electrons. The number of aliphatic hydroxyl groups is 1. The molecule has 1 aliphatic heterocycles. The van der Waals surface area contributed by atoms with Crippen LogP contribution in [0.3, 0.4) is 0 Å². The van der Waals surface area contributed by atoms with Crippen molar-refractivity contribution in [2.45, 2.75) is 32.0 Å². The summed E-state index contributed by atoms with van der Waals surface area (Å²) in [6.07, 6.45) is -0.660. The van der Waals surface area contributed by atoms with Crippen LogP contribution in [-0.4, -0.2) is 41.3 Å². The number of para-hydroxylation sites is 1. The van der Waals surface area contributed by atoms with Crippen molar-refractivity contribution in [2.75, 3.05) is 13.2 Å². The predicted molar refractivity (Wildman–Crippen MR) is 76.8 cm³/mol. The highest BCUT2D eigenvalue weighted by Gasteiger charge is 2.35. The molecule has 3 rings (SSSR count). The summed E-state index contributed by atoms with van der Waals surface area (Å²) in [7, 11) is 0. The Hall–Kier alpha value is -1.88. The molecule has 0 bridgehead atoms. The smallest absolute Gasteiger partial charge is 0.227 e. The molecule has 1 N–H and O–H groups in total. The zero-order valence-corrected chi connectivity index (χ0v) is 11.9. The zero-order chi connectivity index (χ0) is 15.0. The fraction of sp³-hybridized carbons (Fsp3) is 0.438. The first-order valence-corrected chi connectivity index (χ1v) is 7.11. The van der Waals surface area contributed by atoms with Gasteiger partial charge in [0, 0.05) is 17.4 Å². The number of carbonyl (C=O) groups is 1. The van der Waals surface area contributed by atoms with Crippen molar-refractivity contribution >= 4 is 16.9 Å². The van der Waals surface area contributed by atoms with Gasteiger partial charge in [0.2, 0.25) is 5.91 Å². The third kappa shape index (κ3) is 2.53. The van der Waals surface area contributed by atoms with Crippen LogP contribution in [0.15, 0.2) is 28.7 Å². The molecule has 2 atom stereocenters. The third-order valence-electron chi connectivity index (χ3n) is 4.12. The van der Waals surface area contributed by atoms with Crippen LogP contribution in [-0.2, 0) is 11.2 Å². The number of carbonyl (C=O) groups excluding carboxylic acids is 1. The van der Waals surface area contributed by atoms with Crippen molar-refractivity contribution in [3.63, 3.8) is 0 Å². The number of amides is 1. The van der Waals surface area contributed by atoms with E-state index >= 15 is 0 Å². The number of alkyl halides is 1. The number of furan rings is 1. The van der Waals surface area contributed by atoms with E-state index in [1.165, 1.54) is 4.90 Å². The molecule has 1 aromatic carbocycles. The van der Waals surface area contributed by atoms with Gasteiger partial charge in [0.15, 0.2) is 0 Å². The number of aliphatic hydroxyl groups excluding tert-OH is 1. The average molecular weight is 291 g/mol. The normalized spacial score (nSPS) is 22.1. The fourth-order valence-electron chi connectivity index (χ4n) is 3.03. The van der Waals surface area contributed by atoms with Gasteiger partial charge in [-0.05, 0) is 13.0 Å². The SMILES string of the molecule is Cc1oc2ccccc2c1CC(=O)N1C[C@@H](F)C[C@H]1CO. The monoisotopic (exact) mass is 291 g/mol. The van der Waals surface area contributed by atoms with Crippen molar-refractivity contribution in [3.05, 3.63) is 35.6 Å². The van der Waals surface area contributed by atoms with Crippen molar-refractivity contribution < 1.29 is 18.7 Å². The number of nitrogens with zero attached hydrogens (tertiary/aromatic N) is 1. The van der Waals surface area contributed by atoms with Gasteiger partial charge in [0.25, 0.3) is 0 Å². The number of benzene rings is 1. The average Bonchev–Trinajstić information content (AvgIpc) is 3.00. The Morgan fingerprint density at radius 1 is 1.48 bits per heavy atom. The van der Waals surface area contributed by atoms with Gasteiger partial charge in [0.1, 0.15) is 17.5 Å². The molecule has 21 heavy (non-hydrogen) atoms. The van der Waals surface area contributed by atoms with Gasteiger partial charge < -0.3 is 14.4 Å². The Morgan fingerprint density at radius 2 is 2.24 bits per heavy atom. The van der Waals surface area contributed by atoms with E-state index in [0.717, 1.165) is 16.5 Å². The maximum Gasteiger partial charge on any atom is 0.227 e. The molecule has 0 saturated carbocycles. The molecule has 4 nitrogen and oxygen atoms in total. The molecule has 1 saturated heterocycles. The number of aryl methyl sites for hydroxylation is 1. The van der Waals surface area contributed by atoms with Crippen LogP contribution in [0, 0.1) is 6.92 Å². The second-order valence-corrected chi connectivity index (χ2v) is 5.53. The first kappa shape index (κ1) is 14.1. The molecule has 5 heteroatoms. The minimum atomic E-state index is -1.05. The van der Waals surface area contributed by atoms with Crippen LogP contribution < -0.4 is 0 Å². The lowest BCUT2D eigenvalue weighted by Gasteiger charge is -2.22. The number of hydrogen-bond donors (Lipinski definition) is 1. The molecule has 0 radical (unpaired) electrons. The maximum atomic E-state index is 13.5. The summed E-state index contributed by atoms with van der Waals surface area (Å²) in [5.41, 5.74) is 1.59. The van der Waals surface area contributed by atoms with Gasteiger partial charge in [0.05, 0.1) is 25.6 Å². The van der Waals surface area contributed by atoms with Crippen LogP contribution in [0.4, 0.5) is 4.39 Å². The Labute approximate surface area is 122 Å². The summed E-state index contributed by atoms with van der Waals surface area (Å²) in [6, 6.07) is 7.15. The fourth-order valence-corrected chi connectivity index (χ4v) is 3.03. The van der Waals surface area contributed by atoms with Crippen LogP contribution in [0.25, 0.3) is 11.0 Å². The van der Waals surface area contributed by atoms with Gasteiger partial charge in [-0.3, -0.25) is 4.79 Å². The standard InChI is InChI=1S/C16H18FNO3/c1-10-14(13-4-2-3-5-15(13)21-10)7-16(20)18-8-11(17)6-12(18)9-19/h2-5,11-12,19H,6-9H2,1H3/t11-,12-/m0/s1. The number of halogens is 1. The number of fused-ring (bicyclic) bond motifs is 1. The van der Waals surface area contributed by atoms with Crippen molar-refractivity contribution in [3.8, 4) is 0 Å². The van der Waals surface area contributed by atoms with E-state index in [9.17, 15) is 14.3 Å². The lowest BCUT2D eigenvalue weighted by Crippen LogP contribution is -2.38. The maximum absolute atomic E-state index is 13.5. The molecule has 2 aromatic rings. The van der Waals surface area contributed by atoms with Crippen molar-refractivity contribution in [1.29, 1.82) is 0 Å². The number of hydrogen-bond acceptors (Lipinski definition) is 3. The molecule has 0 unspecified atom stereocenters. The molecule has 2 heterocycles. The number of rotatable bonds is 3. The van der Waals surface area contributed by atoms with Gasteiger partial charge in [-0.2, -0.15) is 0 Å². The van der Waals surface area contributed by atoms with E-state index in [1.807, 2.05) is 31.2 Å². The highest BCUT2D eigenvalue weighted by Crippen LogP contribution is 2.27. The Balaban J connectivity index is 1.85. The largest absolute Gasteiger partial charge is 0.461 e. The summed E-state index contributed by atoms with van der Waals surface area (Å²) in [5, 5.41) is 10.2. The van der Waals surface area contributed by atoms with Crippen molar-refractivity contribution in [1.82, 2.24) is 4.90 Å². The molecule has 1 fully saturated rings. The second kappa shape index (κ2) is 5.48. The number of likely N-dealkylation sites (tertiary alicyclic amines) is 1. The summed E-state index contributed by atoms with van der Waals surface area (Å²) >= 11 is 0. The van der Waals surface area contributed by atoms with Gasteiger partial charge >= 0.3 is 0 Å². The minimum Gasteiger partial charge on any atom is -0.461 e. The summed E-state index contributed by atoms with van der Waals surface area (Å²) < 4.78 is 19.1.